The molecule has 22 heavy (non-hydrogen) atoms. The maximum atomic E-state index is 10.0. The first kappa shape index (κ1) is 14.6. The summed E-state index contributed by atoms with van der Waals surface area (Å²) in [5.41, 5.74) is 2.40. The fraction of sp³-hybridized carbons (Fsp3) is 0.238. The largest absolute Gasteiger partial charge is 0.508 e. The Morgan fingerprint density at radius 2 is 1.59 bits per heavy atom. The molecule has 0 saturated carbocycles. The number of para-hydroxylation sites is 1. The highest BCUT2D eigenvalue weighted by Crippen LogP contribution is 2.31. The summed E-state index contributed by atoms with van der Waals surface area (Å²) in [4.78, 5) is 0. The molecule has 0 spiro atoms. The lowest BCUT2D eigenvalue weighted by molar-refractivity contribution is 0.463. The number of benzene rings is 3. The Kier molecular flexibility index (Phi) is 4.43. The number of hydrogen-bond acceptors (Lipinski definition) is 1. The fourth-order valence-electron chi connectivity index (χ4n) is 3.15. The highest BCUT2D eigenvalue weighted by atomic mass is 16.3. The lowest BCUT2D eigenvalue weighted by atomic mass is 9.87. The van der Waals surface area contributed by atoms with Crippen molar-refractivity contribution in [3.63, 3.8) is 0 Å². The maximum Gasteiger partial charge on any atom is 0.118 e. The molecule has 112 valence electrons. The van der Waals surface area contributed by atoms with E-state index >= 15 is 0 Å². The minimum Gasteiger partial charge on any atom is -0.508 e. The van der Waals surface area contributed by atoms with Crippen molar-refractivity contribution in [2.24, 2.45) is 0 Å². The van der Waals surface area contributed by atoms with E-state index in [1.54, 1.807) is 6.07 Å². The Labute approximate surface area is 132 Å². The number of phenols is 1. The molecule has 0 unspecified atom stereocenters. The molecule has 0 radical (unpaired) electrons. The lowest BCUT2D eigenvalue weighted by Gasteiger charge is -2.18. The molecule has 3 aromatic rings. The summed E-state index contributed by atoms with van der Waals surface area (Å²) in [6.07, 6.45) is 3.16. The third-order valence-corrected chi connectivity index (χ3v) is 4.34. The van der Waals surface area contributed by atoms with Gasteiger partial charge in [-0.1, -0.05) is 74.0 Å². The van der Waals surface area contributed by atoms with Gasteiger partial charge in [-0.3, -0.25) is 0 Å². The third kappa shape index (κ3) is 3.14. The van der Waals surface area contributed by atoms with Crippen molar-refractivity contribution in [1.29, 1.82) is 0 Å². The SMILES string of the molecule is CCC[C@@H](Cc1ccccc1O)c1ccc2ccccc2c1. The summed E-state index contributed by atoms with van der Waals surface area (Å²) in [5, 5.41) is 12.6. The van der Waals surface area contributed by atoms with Crippen LogP contribution in [0.3, 0.4) is 0 Å². The first-order valence-electron chi connectivity index (χ1n) is 8.03. The number of phenolic OH excluding ortho intramolecular Hbond substituents is 1. The van der Waals surface area contributed by atoms with Gasteiger partial charge in [0.15, 0.2) is 0 Å². The van der Waals surface area contributed by atoms with Crippen molar-refractivity contribution in [2.75, 3.05) is 0 Å². The quantitative estimate of drug-likeness (QED) is 0.641. The van der Waals surface area contributed by atoms with Gasteiger partial charge in [-0.2, -0.15) is 0 Å². The standard InChI is InChI=1S/C21H22O/c1-2-7-17(15-20-10-5-6-11-21(20)22)19-13-12-16-8-3-4-9-18(16)14-19/h3-6,8-14,17,22H,2,7,15H2,1H3/t17-/m0/s1. The van der Waals surface area contributed by atoms with Crippen LogP contribution in [0, 0.1) is 0 Å². The molecular weight excluding hydrogens is 268 g/mol. The zero-order chi connectivity index (χ0) is 15.4. The van der Waals surface area contributed by atoms with Crippen LogP contribution in [-0.4, -0.2) is 5.11 Å². The number of fused-ring (bicyclic) bond motifs is 1. The molecule has 0 amide bonds. The van der Waals surface area contributed by atoms with Crippen LogP contribution in [0.15, 0.2) is 66.7 Å². The van der Waals surface area contributed by atoms with E-state index < -0.39 is 0 Å². The van der Waals surface area contributed by atoms with E-state index in [0.717, 1.165) is 24.8 Å². The van der Waals surface area contributed by atoms with E-state index in [1.807, 2.05) is 18.2 Å². The summed E-state index contributed by atoms with van der Waals surface area (Å²) in [7, 11) is 0. The number of aromatic hydroxyl groups is 1. The van der Waals surface area contributed by atoms with Crippen LogP contribution >= 0.6 is 0 Å². The molecule has 0 fully saturated rings. The third-order valence-electron chi connectivity index (χ3n) is 4.34. The summed E-state index contributed by atoms with van der Waals surface area (Å²) in [5.74, 6) is 0.854. The van der Waals surface area contributed by atoms with Crippen LogP contribution in [0.5, 0.6) is 5.75 Å². The minimum atomic E-state index is 0.407. The molecule has 0 aromatic heterocycles. The van der Waals surface area contributed by atoms with Gasteiger partial charge >= 0.3 is 0 Å². The van der Waals surface area contributed by atoms with Crippen molar-refractivity contribution >= 4 is 10.8 Å². The van der Waals surface area contributed by atoms with E-state index in [4.69, 9.17) is 0 Å². The van der Waals surface area contributed by atoms with Crippen LogP contribution in [-0.2, 0) is 6.42 Å². The highest BCUT2D eigenvalue weighted by molar-refractivity contribution is 5.83. The maximum absolute atomic E-state index is 10.0. The molecule has 0 heterocycles. The Balaban J connectivity index is 1.93. The predicted molar refractivity (Wildman–Crippen MR) is 93.4 cm³/mol. The van der Waals surface area contributed by atoms with Gasteiger partial charge in [0, 0.05) is 0 Å². The molecule has 0 aliphatic carbocycles. The molecule has 1 atom stereocenters. The molecule has 3 rings (SSSR count). The predicted octanol–water partition coefficient (Wildman–Crippen LogP) is 5.67. The topological polar surface area (TPSA) is 20.2 Å². The van der Waals surface area contributed by atoms with Crippen molar-refractivity contribution in [1.82, 2.24) is 0 Å². The molecule has 0 aliphatic rings. The van der Waals surface area contributed by atoms with E-state index in [9.17, 15) is 5.11 Å². The van der Waals surface area contributed by atoms with Crippen LogP contribution < -0.4 is 0 Å². The average Bonchev–Trinajstić information content (AvgIpc) is 2.56. The first-order valence-corrected chi connectivity index (χ1v) is 8.03. The summed E-state index contributed by atoms with van der Waals surface area (Å²) in [6, 6.07) is 22.9. The van der Waals surface area contributed by atoms with Gasteiger partial charge in [0.1, 0.15) is 5.75 Å². The first-order chi connectivity index (χ1) is 10.8. The molecule has 1 nitrogen and oxygen atoms in total. The van der Waals surface area contributed by atoms with Crippen LogP contribution in [0.4, 0.5) is 0 Å². The number of hydrogen-bond donors (Lipinski definition) is 1. The van der Waals surface area contributed by atoms with Crippen molar-refractivity contribution in [2.45, 2.75) is 32.1 Å². The lowest BCUT2D eigenvalue weighted by Crippen LogP contribution is -2.03. The van der Waals surface area contributed by atoms with Crippen molar-refractivity contribution in [3.05, 3.63) is 77.9 Å². The molecule has 0 saturated heterocycles. The molecule has 0 bridgehead atoms. The van der Waals surface area contributed by atoms with Gasteiger partial charge in [-0.05, 0) is 46.7 Å². The van der Waals surface area contributed by atoms with E-state index in [-0.39, 0.29) is 0 Å². The van der Waals surface area contributed by atoms with Crippen LogP contribution in [0.2, 0.25) is 0 Å². The fourth-order valence-corrected chi connectivity index (χ4v) is 3.15. The Hall–Kier alpha value is -2.28. The van der Waals surface area contributed by atoms with Gasteiger partial charge in [0.05, 0.1) is 0 Å². The summed E-state index contributed by atoms with van der Waals surface area (Å²) >= 11 is 0. The Morgan fingerprint density at radius 3 is 2.36 bits per heavy atom. The van der Waals surface area contributed by atoms with Crippen LogP contribution in [0.25, 0.3) is 10.8 Å². The second-order valence-electron chi connectivity index (χ2n) is 5.93. The molecule has 1 N–H and O–H groups in total. The van der Waals surface area contributed by atoms with Crippen molar-refractivity contribution in [3.8, 4) is 5.75 Å². The highest BCUT2D eigenvalue weighted by Gasteiger charge is 2.14. The van der Waals surface area contributed by atoms with Gasteiger partial charge in [-0.15, -0.1) is 0 Å². The van der Waals surface area contributed by atoms with Crippen molar-refractivity contribution < 1.29 is 5.11 Å². The van der Waals surface area contributed by atoms with Gasteiger partial charge in [0.2, 0.25) is 0 Å². The average molecular weight is 290 g/mol. The zero-order valence-corrected chi connectivity index (χ0v) is 13.0. The minimum absolute atomic E-state index is 0.407. The summed E-state index contributed by atoms with van der Waals surface area (Å²) in [6.45, 7) is 2.22. The zero-order valence-electron chi connectivity index (χ0n) is 13.0. The van der Waals surface area contributed by atoms with Gasteiger partial charge < -0.3 is 5.11 Å². The second-order valence-corrected chi connectivity index (χ2v) is 5.93. The van der Waals surface area contributed by atoms with Crippen LogP contribution in [0.1, 0.15) is 36.8 Å². The molecule has 0 aliphatic heterocycles. The van der Waals surface area contributed by atoms with Gasteiger partial charge in [-0.25, -0.2) is 0 Å². The second kappa shape index (κ2) is 6.65. The smallest absolute Gasteiger partial charge is 0.118 e. The van der Waals surface area contributed by atoms with Gasteiger partial charge in [0.25, 0.3) is 0 Å². The Bertz CT molecular complexity index is 760. The molecule has 1 heteroatoms. The van der Waals surface area contributed by atoms with E-state index in [2.05, 4.69) is 49.4 Å². The van der Waals surface area contributed by atoms with E-state index in [0.29, 0.717) is 11.7 Å². The molecular formula is C21H22O. The normalized spacial score (nSPS) is 12.4. The summed E-state index contributed by atoms with van der Waals surface area (Å²) < 4.78 is 0. The Morgan fingerprint density at radius 1 is 0.864 bits per heavy atom. The van der Waals surface area contributed by atoms with E-state index in [1.165, 1.54) is 16.3 Å². The number of rotatable bonds is 5. The monoisotopic (exact) mass is 290 g/mol. The molecule has 3 aromatic carbocycles.